The van der Waals surface area contributed by atoms with Crippen molar-refractivity contribution in [2.24, 2.45) is 5.92 Å². The fourth-order valence-electron chi connectivity index (χ4n) is 4.62. The molecule has 5 heteroatoms. The Kier molecular flexibility index (Phi) is 7.51. The molecule has 1 aliphatic carbocycles. The zero-order valence-electron chi connectivity index (χ0n) is 18.5. The number of rotatable bonds is 7. The van der Waals surface area contributed by atoms with Gasteiger partial charge in [0.05, 0.1) is 11.9 Å². The summed E-state index contributed by atoms with van der Waals surface area (Å²) in [4.78, 5) is 16.7. The van der Waals surface area contributed by atoms with Crippen LogP contribution in [0.1, 0.15) is 48.8 Å². The van der Waals surface area contributed by atoms with E-state index in [0.29, 0.717) is 17.9 Å². The van der Waals surface area contributed by atoms with Crippen molar-refractivity contribution in [2.45, 2.75) is 51.3 Å². The first-order valence-electron chi connectivity index (χ1n) is 11.4. The van der Waals surface area contributed by atoms with Gasteiger partial charge in [0.25, 0.3) is 0 Å². The maximum absolute atomic E-state index is 12.4. The number of benzene rings is 2. The van der Waals surface area contributed by atoms with Crippen LogP contribution in [0.15, 0.2) is 79.1 Å². The monoisotopic (exact) mass is 429 g/mol. The highest BCUT2D eigenvalue weighted by atomic mass is 16.5. The summed E-state index contributed by atoms with van der Waals surface area (Å²) in [5, 5.41) is 6.66. The minimum atomic E-state index is -0.453. The lowest BCUT2D eigenvalue weighted by Gasteiger charge is -2.35. The number of pyridine rings is 1. The standard InChI is InChI=1S/C27H31N3O2/c1-20-14-23(16-24(15-20)29-17-21-8-4-2-5-9-21)25-12-13-28-18-26(25)30-27(31)32-19-22-10-6-3-7-11-22/h2-13,18,20,23-24,29H,14-17,19H2,1H3,(H,30,31)/t20?,23-,24+/m1/s1. The minimum absolute atomic E-state index is 0.244. The molecule has 0 saturated heterocycles. The number of amides is 1. The molecule has 32 heavy (non-hydrogen) atoms. The summed E-state index contributed by atoms with van der Waals surface area (Å²) in [5.41, 5.74) is 4.14. The Labute approximate surface area is 190 Å². The number of anilines is 1. The maximum atomic E-state index is 12.4. The summed E-state index contributed by atoms with van der Waals surface area (Å²) in [6.07, 6.45) is 6.38. The van der Waals surface area contributed by atoms with Crippen LogP contribution >= 0.6 is 0 Å². The summed E-state index contributed by atoms with van der Waals surface area (Å²) in [5.74, 6) is 0.965. The van der Waals surface area contributed by atoms with E-state index in [1.165, 1.54) is 5.56 Å². The normalized spacial score (nSPS) is 20.5. The third-order valence-electron chi connectivity index (χ3n) is 6.12. The van der Waals surface area contributed by atoms with Crippen molar-refractivity contribution in [3.05, 3.63) is 95.8 Å². The molecule has 166 valence electrons. The second-order valence-electron chi connectivity index (χ2n) is 8.72. The topological polar surface area (TPSA) is 63.2 Å². The van der Waals surface area contributed by atoms with Gasteiger partial charge in [-0.3, -0.25) is 10.3 Å². The number of aromatic nitrogens is 1. The quantitative estimate of drug-likeness (QED) is 0.491. The van der Waals surface area contributed by atoms with Crippen molar-refractivity contribution in [3.63, 3.8) is 0 Å². The number of carbonyl (C=O) groups excluding carboxylic acids is 1. The number of nitrogens with zero attached hydrogens (tertiary/aromatic N) is 1. The lowest BCUT2D eigenvalue weighted by Crippen LogP contribution is -2.36. The first-order chi connectivity index (χ1) is 15.7. The Balaban J connectivity index is 1.38. The van der Waals surface area contributed by atoms with Gasteiger partial charge in [0.1, 0.15) is 6.61 Å². The summed E-state index contributed by atoms with van der Waals surface area (Å²) in [6, 6.07) is 22.7. The second kappa shape index (κ2) is 10.9. The molecule has 1 aromatic heterocycles. The van der Waals surface area contributed by atoms with Gasteiger partial charge in [-0.2, -0.15) is 0 Å². The smallest absolute Gasteiger partial charge is 0.412 e. The third kappa shape index (κ3) is 6.17. The predicted octanol–water partition coefficient (Wildman–Crippen LogP) is 5.89. The van der Waals surface area contributed by atoms with E-state index in [2.05, 4.69) is 46.8 Å². The van der Waals surface area contributed by atoms with Crippen LogP contribution in [0.2, 0.25) is 0 Å². The summed E-state index contributed by atoms with van der Waals surface area (Å²) >= 11 is 0. The molecule has 1 aliphatic rings. The van der Waals surface area contributed by atoms with E-state index >= 15 is 0 Å². The molecular weight excluding hydrogens is 398 g/mol. The number of hydrogen-bond acceptors (Lipinski definition) is 4. The van der Waals surface area contributed by atoms with Gasteiger partial charge < -0.3 is 10.1 Å². The third-order valence-corrected chi connectivity index (χ3v) is 6.12. The Hall–Kier alpha value is -3.18. The van der Waals surface area contributed by atoms with Crippen LogP contribution in [-0.4, -0.2) is 17.1 Å². The van der Waals surface area contributed by atoms with E-state index in [0.717, 1.165) is 42.6 Å². The SMILES string of the molecule is CC1C[C@H](NCc2ccccc2)C[C@H](c2ccncc2NC(=O)OCc2ccccc2)C1. The van der Waals surface area contributed by atoms with Gasteiger partial charge in [-0.15, -0.1) is 0 Å². The van der Waals surface area contributed by atoms with Crippen LogP contribution in [-0.2, 0) is 17.9 Å². The summed E-state index contributed by atoms with van der Waals surface area (Å²) in [6.45, 7) is 3.43. The molecule has 1 unspecified atom stereocenters. The number of carbonyl (C=O) groups is 1. The zero-order chi connectivity index (χ0) is 22.2. The number of hydrogen-bond donors (Lipinski definition) is 2. The first-order valence-corrected chi connectivity index (χ1v) is 11.4. The Morgan fingerprint density at radius 2 is 1.69 bits per heavy atom. The molecule has 2 N–H and O–H groups in total. The van der Waals surface area contributed by atoms with Crippen molar-refractivity contribution in [1.82, 2.24) is 10.3 Å². The lowest BCUT2D eigenvalue weighted by molar-refractivity contribution is 0.155. The van der Waals surface area contributed by atoms with Crippen LogP contribution in [0.3, 0.4) is 0 Å². The van der Waals surface area contributed by atoms with Gasteiger partial charge in [-0.05, 0) is 53.9 Å². The van der Waals surface area contributed by atoms with Gasteiger partial charge in [0, 0.05) is 18.8 Å². The fourth-order valence-corrected chi connectivity index (χ4v) is 4.62. The van der Waals surface area contributed by atoms with Gasteiger partial charge >= 0.3 is 6.09 Å². The van der Waals surface area contributed by atoms with Crippen molar-refractivity contribution in [2.75, 3.05) is 5.32 Å². The molecule has 0 radical (unpaired) electrons. The maximum Gasteiger partial charge on any atom is 0.412 e. The van der Waals surface area contributed by atoms with E-state index in [4.69, 9.17) is 4.74 Å². The Bertz CT molecular complexity index is 994. The van der Waals surface area contributed by atoms with Crippen LogP contribution in [0.4, 0.5) is 10.5 Å². The minimum Gasteiger partial charge on any atom is -0.444 e. The van der Waals surface area contributed by atoms with E-state index in [-0.39, 0.29) is 6.61 Å². The van der Waals surface area contributed by atoms with Crippen molar-refractivity contribution < 1.29 is 9.53 Å². The van der Waals surface area contributed by atoms with E-state index in [1.54, 1.807) is 6.20 Å². The highest BCUT2D eigenvalue weighted by molar-refractivity contribution is 5.85. The average molecular weight is 430 g/mol. The fraction of sp³-hybridized carbons (Fsp3) is 0.333. The molecule has 1 saturated carbocycles. The van der Waals surface area contributed by atoms with Gasteiger partial charge in [0.15, 0.2) is 0 Å². The van der Waals surface area contributed by atoms with Crippen molar-refractivity contribution in [3.8, 4) is 0 Å². The summed E-state index contributed by atoms with van der Waals surface area (Å²) < 4.78 is 5.41. The molecule has 1 heterocycles. The van der Waals surface area contributed by atoms with Gasteiger partial charge in [0.2, 0.25) is 0 Å². The molecular formula is C27H31N3O2. The van der Waals surface area contributed by atoms with Gasteiger partial charge in [-0.1, -0.05) is 67.6 Å². The number of ether oxygens (including phenoxy) is 1. The van der Waals surface area contributed by atoms with E-state index in [1.807, 2.05) is 48.7 Å². The molecule has 5 nitrogen and oxygen atoms in total. The molecule has 0 spiro atoms. The largest absolute Gasteiger partial charge is 0.444 e. The Morgan fingerprint density at radius 3 is 2.44 bits per heavy atom. The van der Waals surface area contributed by atoms with Crippen LogP contribution in [0.5, 0.6) is 0 Å². The zero-order valence-corrected chi connectivity index (χ0v) is 18.5. The van der Waals surface area contributed by atoms with Crippen molar-refractivity contribution in [1.29, 1.82) is 0 Å². The van der Waals surface area contributed by atoms with Crippen LogP contribution in [0, 0.1) is 5.92 Å². The molecule has 4 rings (SSSR count). The molecule has 1 amide bonds. The lowest BCUT2D eigenvalue weighted by atomic mass is 9.76. The number of nitrogens with one attached hydrogen (secondary N) is 2. The molecule has 1 fully saturated rings. The predicted molar refractivity (Wildman–Crippen MR) is 127 cm³/mol. The molecule has 0 aliphatic heterocycles. The van der Waals surface area contributed by atoms with Crippen LogP contribution in [0.25, 0.3) is 0 Å². The molecule has 0 bridgehead atoms. The highest BCUT2D eigenvalue weighted by Crippen LogP contribution is 2.39. The summed E-state index contributed by atoms with van der Waals surface area (Å²) in [7, 11) is 0. The Morgan fingerprint density at radius 1 is 0.969 bits per heavy atom. The second-order valence-corrected chi connectivity index (χ2v) is 8.72. The van der Waals surface area contributed by atoms with E-state index in [9.17, 15) is 4.79 Å². The average Bonchev–Trinajstić information content (AvgIpc) is 2.83. The van der Waals surface area contributed by atoms with Crippen LogP contribution < -0.4 is 10.6 Å². The molecule has 3 atom stereocenters. The van der Waals surface area contributed by atoms with E-state index < -0.39 is 6.09 Å². The molecule has 2 aromatic carbocycles. The van der Waals surface area contributed by atoms with Crippen molar-refractivity contribution >= 4 is 11.8 Å². The highest BCUT2D eigenvalue weighted by Gasteiger charge is 2.29. The first kappa shape index (κ1) is 22.0. The van der Waals surface area contributed by atoms with Gasteiger partial charge in [-0.25, -0.2) is 4.79 Å². The molecule has 3 aromatic rings.